The molecule has 3 nitrogen and oxygen atoms in total. The zero-order valence-corrected chi connectivity index (χ0v) is 13.4. The SMILES string of the molecule is CCCNC1(CO)CCCC(N(C)C(CC)CC)C1. The summed E-state index contributed by atoms with van der Waals surface area (Å²) in [7, 11) is 2.27. The maximum Gasteiger partial charge on any atom is 0.0613 e. The Kier molecular flexibility index (Phi) is 7.33. The second-order valence-electron chi connectivity index (χ2n) is 6.25. The van der Waals surface area contributed by atoms with Gasteiger partial charge in [-0.25, -0.2) is 0 Å². The average molecular weight is 270 g/mol. The van der Waals surface area contributed by atoms with E-state index in [0.717, 1.165) is 25.8 Å². The molecule has 2 N–H and O–H groups in total. The van der Waals surface area contributed by atoms with Crippen LogP contribution in [0.25, 0.3) is 0 Å². The van der Waals surface area contributed by atoms with Crippen molar-refractivity contribution in [1.29, 1.82) is 0 Å². The Morgan fingerprint density at radius 2 is 2.00 bits per heavy atom. The fourth-order valence-electron chi connectivity index (χ4n) is 3.59. The molecule has 0 heterocycles. The van der Waals surface area contributed by atoms with Gasteiger partial charge in [-0.3, -0.25) is 0 Å². The molecule has 2 unspecified atom stereocenters. The second-order valence-corrected chi connectivity index (χ2v) is 6.25. The summed E-state index contributed by atoms with van der Waals surface area (Å²) in [6.45, 7) is 8.04. The molecular weight excluding hydrogens is 236 g/mol. The van der Waals surface area contributed by atoms with Crippen LogP contribution in [-0.2, 0) is 0 Å². The molecule has 0 amide bonds. The minimum absolute atomic E-state index is 0.0286. The van der Waals surface area contributed by atoms with E-state index in [1.807, 2.05) is 0 Å². The molecule has 19 heavy (non-hydrogen) atoms. The lowest BCUT2D eigenvalue weighted by Gasteiger charge is -2.45. The fraction of sp³-hybridized carbons (Fsp3) is 1.00. The quantitative estimate of drug-likeness (QED) is 0.712. The first-order chi connectivity index (χ1) is 9.12. The van der Waals surface area contributed by atoms with Crippen molar-refractivity contribution in [3.05, 3.63) is 0 Å². The molecule has 0 saturated heterocycles. The number of rotatable bonds is 8. The number of nitrogens with zero attached hydrogens (tertiary/aromatic N) is 1. The lowest BCUT2D eigenvalue weighted by Crippen LogP contribution is -2.56. The fourth-order valence-corrected chi connectivity index (χ4v) is 3.59. The van der Waals surface area contributed by atoms with Crippen LogP contribution < -0.4 is 5.32 Å². The standard InChI is InChI=1S/C16H34N2O/c1-5-11-17-16(13-19)10-8-9-15(12-16)18(4)14(6-2)7-3/h14-15,17,19H,5-13H2,1-4H3. The van der Waals surface area contributed by atoms with Crippen LogP contribution in [0.3, 0.4) is 0 Å². The topological polar surface area (TPSA) is 35.5 Å². The molecule has 1 aliphatic rings. The Hall–Kier alpha value is -0.120. The lowest BCUT2D eigenvalue weighted by molar-refractivity contribution is 0.0506. The lowest BCUT2D eigenvalue weighted by atomic mass is 9.78. The summed E-state index contributed by atoms with van der Waals surface area (Å²) in [5.74, 6) is 0. The van der Waals surface area contributed by atoms with Crippen molar-refractivity contribution in [1.82, 2.24) is 10.2 Å². The molecule has 1 fully saturated rings. The summed E-state index contributed by atoms with van der Waals surface area (Å²) in [6.07, 6.45) is 8.30. The maximum absolute atomic E-state index is 9.84. The highest BCUT2D eigenvalue weighted by atomic mass is 16.3. The van der Waals surface area contributed by atoms with Crippen LogP contribution in [-0.4, -0.2) is 47.8 Å². The molecule has 0 aliphatic heterocycles. The summed E-state index contributed by atoms with van der Waals surface area (Å²) in [5, 5.41) is 13.5. The predicted molar refractivity (Wildman–Crippen MR) is 82.5 cm³/mol. The molecule has 2 atom stereocenters. The highest BCUT2D eigenvalue weighted by Crippen LogP contribution is 2.32. The van der Waals surface area contributed by atoms with Gasteiger partial charge in [0.1, 0.15) is 0 Å². The van der Waals surface area contributed by atoms with Crippen molar-refractivity contribution in [2.24, 2.45) is 0 Å². The van der Waals surface area contributed by atoms with Crippen molar-refractivity contribution < 1.29 is 5.11 Å². The minimum atomic E-state index is -0.0286. The predicted octanol–water partition coefficient (Wildman–Crippen LogP) is 2.78. The van der Waals surface area contributed by atoms with Crippen LogP contribution in [0.2, 0.25) is 0 Å². The van der Waals surface area contributed by atoms with Crippen molar-refractivity contribution in [2.45, 2.75) is 83.3 Å². The Balaban J connectivity index is 2.65. The van der Waals surface area contributed by atoms with E-state index in [4.69, 9.17) is 0 Å². The molecule has 0 aromatic carbocycles. The van der Waals surface area contributed by atoms with Crippen LogP contribution in [0.4, 0.5) is 0 Å². The van der Waals surface area contributed by atoms with Gasteiger partial charge in [-0.15, -0.1) is 0 Å². The van der Waals surface area contributed by atoms with Crippen molar-refractivity contribution >= 4 is 0 Å². The summed E-state index contributed by atoms with van der Waals surface area (Å²) >= 11 is 0. The van der Waals surface area contributed by atoms with E-state index in [2.05, 4.69) is 38.0 Å². The van der Waals surface area contributed by atoms with E-state index in [1.165, 1.54) is 25.7 Å². The van der Waals surface area contributed by atoms with Crippen LogP contribution in [0.15, 0.2) is 0 Å². The Morgan fingerprint density at radius 1 is 1.32 bits per heavy atom. The molecule has 0 bridgehead atoms. The molecular formula is C16H34N2O. The monoisotopic (exact) mass is 270 g/mol. The molecule has 0 radical (unpaired) electrons. The molecule has 0 aromatic heterocycles. The first kappa shape index (κ1) is 16.9. The number of aliphatic hydroxyl groups is 1. The zero-order chi connectivity index (χ0) is 14.3. The normalized spacial score (nSPS) is 28.3. The maximum atomic E-state index is 9.84. The van der Waals surface area contributed by atoms with E-state index >= 15 is 0 Å². The van der Waals surface area contributed by atoms with Crippen molar-refractivity contribution in [2.75, 3.05) is 20.2 Å². The van der Waals surface area contributed by atoms with E-state index in [-0.39, 0.29) is 12.1 Å². The third-order valence-electron chi connectivity index (χ3n) is 4.97. The summed E-state index contributed by atoms with van der Waals surface area (Å²) in [6, 6.07) is 1.31. The average Bonchev–Trinajstić information content (AvgIpc) is 2.46. The number of nitrogens with one attached hydrogen (secondary N) is 1. The highest BCUT2D eigenvalue weighted by Gasteiger charge is 2.37. The van der Waals surface area contributed by atoms with Gasteiger partial charge < -0.3 is 15.3 Å². The smallest absolute Gasteiger partial charge is 0.0613 e. The Bertz CT molecular complexity index is 243. The van der Waals surface area contributed by atoms with Crippen molar-refractivity contribution in [3.8, 4) is 0 Å². The van der Waals surface area contributed by atoms with Gasteiger partial charge in [0, 0.05) is 17.6 Å². The van der Waals surface area contributed by atoms with E-state index in [0.29, 0.717) is 12.1 Å². The van der Waals surface area contributed by atoms with Gasteiger partial charge in [0.15, 0.2) is 0 Å². The molecule has 0 aromatic rings. The van der Waals surface area contributed by atoms with Gasteiger partial charge in [-0.1, -0.05) is 20.8 Å². The first-order valence-corrected chi connectivity index (χ1v) is 8.20. The van der Waals surface area contributed by atoms with E-state index in [1.54, 1.807) is 0 Å². The van der Waals surface area contributed by atoms with Crippen LogP contribution in [0.5, 0.6) is 0 Å². The van der Waals surface area contributed by atoms with Gasteiger partial charge in [0.2, 0.25) is 0 Å². The van der Waals surface area contributed by atoms with Crippen molar-refractivity contribution in [3.63, 3.8) is 0 Å². The molecule has 1 aliphatic carbocycles. The second kappa shape index (κ2) is 8.23. The highest BCUT2D eigenvalue weighted by molar-refractivity contribution is 4.96. The van der Waals surface area contributed by atoms with Gasteiger partial charge in [-0.05, 0) is 58.5 Å². The summed E-state index contributed by atoms with van der Waals surface area (Å²) in [4.78, 5) is 2.57. The molecule has 3 heteroatoms. The third kappa shape index (κ3) is 4.44. The number of hydrogen-bond acceptors (Lipinski definition) is 3. The molecule has 1 saturated carbocycles. The van der Waals surface area contributed by atoms with Gasteiger partial charge >= 0.3 is 0 Å². The zero-order valence-electron chi connectivity index (χ0n) is 13.4. The molecule has 0 spiro atoms. The number of aliphatic hydroxyl groups excluding tert-OH is 1. The minimum Gasteiger partial charge on any atom is -0.394 e. The summed E-state index contributed by atoms with van der Waals surface area (Å²) < 4.78 is 0. The van der Waals surface area contributed by atoms with Crippen LogP contribution in [0.1, 0.15) is 65.7 Å². The third-order valence-corrected chi connectivity index (χ3v) is 4.97. The van der Waals surface area contributed by atoms with Gasteiger partial charge in [0.05, 0.1) is 6.61 Å². The van der Waals surface area contributed by atoms with Crippen LogP contribution in [0, 0.1) is 0 Å². The summed E-state index contributed by atoms with van der Waals surface area (Å²) in [5.41, 5.74) is -0.0286. The van der Waals surface area contributed by atoms with Gasteiger partial charge in [-0.2, -0.15) is 0 Å². The Labute approximate surface area is 119 Å². The molecule has 1 rings (SSSR count). The molecule has 114 valence electrons. The van der Waals surface area contributed by atoms with Gasteiger partial charge in [0.25, 0.3) is 0 Å². The van der Waals surface area contributed by atoms with Crippen LogP contribution >= 0.6 is 0 Å². The van der Waals surface area contributed by atoms with E-state index in [9.17, 15) is 5.11 Å². The number of hydrogen-bond donors (Lipinski definition) is 2. The Morgan fingerprint density at radius 3 is 2.53 bits per heavy atom. The van der Waals surface area contributed by atoms with E-state index < -0.39 is 0 Å². The first-order valence-electron chi connectivity index (χ1n) is 8.20. The largest absolute Gasteiger partial charge is 0.394 e.